The van der Waals surface area contributed by atoms with Crippen molar-refractivity contribution in [2.24, 2.45) is 0 Å². The number of unbranched alkanes of at least 4 members (excludes halogenated alkanes) is 4. The molecule has 0 bridgehead atoms. The lowest BCUT2D eigenvalue weighted by atomic mass is 9.95. The molecule has 0 unspecified atom stereocenters. The lowest BCUT2D eigenvalue weighted by molar-refractivity contribution is 0.709. The van der Waals surface area contributed by atoms with Gasteiger partial charge in [0.1, 0.15) is 0 Å². The fourth-order valence-electron chi connectivity index (χ4n) is 2.95. The molecule has 1 radical (unpaired) electrons. The SMILES string of the molecule is CCCCCc1cc(CCCCC)cc(-c2c[c]ccc2)c1. The van der Waals surface area contributed by atoms with Gasteiger partial charge in [0.05, 0.1) is 0 Å². The first-order chi connectivity index (χ1) is 10.8. The van der Waals surface area contributed by atoms with Crippen LogP contribution in [0.5, 0.6) is 0 Å². The Bertz CT molecular complexity index is 511. The Morgan fingerprint density at radius 2 is 1.41 bits per heavy atom. The van der Waals surface area contributed by atoms with Crippen molar-refractivity contribution in [1.29, 1.82) is 0 Å². The number of rotatable bonds is 9. The summed E-state index contributed by atoms with van der Waals surface area (Å²) in [5.41, 5.74) is 5.65. The average molecular weight is 293 g/mol. The molecule has 0 aliphatic carbocycles. The van der Waals surface area contributed by atoms with Crippen LogP contribution in [-0.4, -0.2) is 0 Å². The van der Waals surface area contributed by atoms with E-state index in [9.17, 15) is 0 Å². The monoisotopic (exact) mass is 293 g/mol. The van der Waals surface area contributed by atoms with Gasteiger partial charge in [-0.25, -0.2) is 0 Å². The molecule has 0 saturated carbocycles. The predicted molar refractivity (Wildman–Crippen MR) is 97.2 cm³/mol. The van der Waals surface area contributed by atoms with E-state index in [-0.39, 0.29) is 0 Å². The first kappa shape index (κ1) is 16.8. The summed E-state index contributed by atoms with van der Waals surface area (Å²) in [6.07, 6.45) is 10.2. The van der Waals surface area contributed by atoms with E-state index in [1.165, 1.54) is 73.6 Å². The van der Waals surface area contributed by atoms with Gasteiger partial charge < -0.3 is 0 Å². The maximum absolute atomic E-state index is 3.20. The van der Waals surface area contributed by atoms with Crippen LogP contribution in [0, 0.1) is 6.07 Å². The Hall–Kier alpha value is -1.56. The second kappa shape index (κ2) is 9.46. The summed E-state index contributed by atoms with van der Waals surface area (Å²) in [4.78, 5) is 0. The fraction of sp³-hybridized carbons (Fsp3) is 0.455. The van der Waals surface area contributed by atoms with Gasteiger partial charge in [0, 0.05) is 0 Å². The van der Waals surface area contributed by atoms with Crippen molar-refractivity contribution in [3.8, 4) is 11.1 Å². The first-order valence-corrected chi connectivity index (χ1v) is 8.92. The van der Waals surface area contributed by atoms with E-state index in [4.69, 9.17) is 0 Å². The predicted octanol–water partition coefficient (Wildman–Crippen LogP) is 6.62. The van der Waals surface area contributed by atoms with Crippen molar-refractivity contribution in [1.82, 2.24) is 0 Å². The minimum atomic E-state index is 1.21. The second-order valence-electron chi connectivity index (χ2n) is 6.24. The zero-order valence-electron chi connectivity index (χ0n) is 14.2. The molecule has 0 amide bonds. The minimum Gasteiger partial charge on any atom is -0.0654 e. The lowest BCUT2D eigenvalue weighted by Gasteiger charge is -2.10. The molecule has 117 valence electrons. The summed E-state index contributed by atoms with van der Waals surface area (Å²) in [5, 5.41) is 0. The molecule has 0 aromatic heterocycles. The van der Waals surface area contributed by atoms with Gasteiger partial charge in [0.2, 0.25) is 0 Å². The summed E-state index contributed by atoms with van der Waals surface area (Å²) < 4.78 is 0. The van der Waals surface area contributed by atoms with Gasteiger partial charge in [0.25, 0.3) is 0 Å². The molecule has 0 saturated heterocycles. The fourth-order valence-corrected chi connectivity index (χ4v) is 2.95. The van der Waals surface area contributed by atoms with E-state index in [0.717, 1.165) is 0 Å². The molecule has 2 rings (SSSR count). The normalized spacial score (nSPS) is 10.8. The smallest absolute Gasteiger partial charge is 0.0178 e. The molecule has 2 aromatic rings. The van der Waals surface area contributed by atoms with E-state index in [2.05, 4.69) is 56.3 Å². The second-order valence-corrected chi connectivity index (χ2v) is 6.24. The summed E-state index contributed by atoms with van der Waals surface area (Å²) in [6, 6.07) is 18.7. The third-order valence-corrected chi connectivity index (χ3v) is 4.23. The van der Waals surface area contributed by atoms with Gasteiger partial charge >= 0.3 is 0 Å². The minimum absolute atomic E-state index is 1.21. The number of hydrogen-bond acceptors (Lipinski definition) is 0. The molecule has 0 nitrogen and oxygen atoms in total. The number of benzene rings is 2. The first-order valence-electron chi connectivity index (χ1n) is 8.92. The zero-order valence-corrected chi connectivity index (χ0v) is 14.2. The average Bonchev–Trinajstić information content (AvgIpc) is 2.56. The maximum Gasteiger partial charge on any atom is -0.0178 e. The molecule has 2 aromatic carbocycles. The quantitative estimate of drug-likeness (QED) is 0.456. The molecule has 0 atom stereocenters. The molecular weight excluding hydrogens is 264 g/mol. The highest BCUT2D eigenvalue weighted by molar-refractivity contribution is 5.65. The molecular formula is C22H29. The van der Waals surface area contributed by atoms with Crippen LogP contribution in [-0.2, 0) is 12.8 Å². The van der Waals surface area contributed by atoms with Gasteiger partial charge in [-0.15, -0.1) is 0 Å². The lowest BCUT2D eigenvalue weighted by Crippen LogP contribution is -1.93. The Morgan fingerprint density at radius 3 is 1.91 bits per heavy atom. The molecule has 0 heterocycles. The molecule has 0 N–H and O–H groups in total. The van der Waals surface area contributed by atoms with Crippen LogP contribution < -0.4 is 0 Å². The maximum atomic E-state index is 3.20. The van der Waals surface area contributed by atoms with Gasteiger partial charge in [-0.2, -0.15) is 0 Å². The number of hydrogen-bond donors (Lipinski definition) is 0. The van der Waals surface area contributed by atoms with Crippen molar-refractivity contribution < 1.29 is 0 Å². The van der Waals surface area contributed by atoms with E-state index in [1.54, 1.807) is 0 Å². The van der Waals surface area contributed by atoms with Gasteiger partial charge in [0.15, 0.2) is 0 Å². The Morgan fingerprint density at radius 1 is 0.773 bits per heavy atom. The van der Waals surface area contributed by atoms with Crippen LogP contribution in [0.2, 0.25) is 0 Å². The summed E-state index contributed by atoms with van der Waals surface area (Å²) in [6.45, 7) is 4.54. The van der Waals surface area contributed by atoms with Crippen molar-refractivity contribution in [3.05, 3.63) is 59.7 Å². The molecule has 0 spiro atoms. The largest absolute Gasteiger partial charge is 0.0654 e. The van der Waals surface area contributed by atoms with Crippen molar-refractivity contribution in [2.75, 3.05) is 0 Å². The zero-order chi connectivity index (χ0) is 15.6. The highest BCUT2D eigenvalue weighted by Crippen LogP contribution is 2.24. The van der Waals surface area contributed by atoms with E-state index in [1.807, 2.05) is 6.07 Å². The van der Waals surface area contributed by atoms with E-state index >= 15 is 0 Å². The van der Waals surface area contributed by atoms with Crippen LogP contribution in [0.15, 0.2) is 42.5 Å². The Kier molecular flexibility index (Phi) is 7.22. The summed E-state index contributed by atoms with van der Waals surface area (Å²) in [5.74, 6) is 0. The molecule has 0 aliphatic rings. The van der Waals surface area contributed by atoms with Crippen LogP contribution >= 0.6 is 0 Å². The molecule has 0 aliphatic heterocycles. The molecule has 22 heavy (non-hydrogen) atoms. The van der Waals surface area contributed by atoms with Crippen LogP contribution in [0.25, 0.3) is 11.1 Å². The van der Waals surface area contributed by atoms with E-state index in [0.29, 0.717) is 0 Å². The topological polar surface area (TPSA) is 0 Å². The third kappa shape index (κ3) is 5.33. The van der Waals surface area contributed by atoms with Gasteiger partial charge in [-0.05, 0) is 60.1 Å². The van der Waals surface area contributed by atoms with Crippen molar-refractivity contribution >= 4 is 0 Å². The van der Waals surface area contributed by atoms with Crippen LogP contribution in [0.1, 0.15) is 63.5 Å². The number of aryl methyl sites for hydroxylation is 2. The van der Waals surface area contributed by atoms with E-state index < -0.39 is 0 Å². The third-order valence-electron chi connectivity index (χ3n) is 4.23. The summed E-state index contributed by atoms with van der Waals surface area (Å²) >= 11 is 0. The van der Waals surface area contributed by atoms with Gasteiger partial charge in [-0.3, -0.25) is 0 Å². The standard InChI is InChI=1S/C22H29/c1-3-5-8-12-19-16-20(13-9-6-4-2)18-22(17-19)21-14-10-7-11-15-21/h7,10,14-18H,3-6,8-9,12-13H2,1-2H3. The highest BCUT2D eigenvalue weighted by atomic mass is 14.1. The van der Waals surface area contributed by atoms with Crippen LogP contribution in [0.3, 0.4) is 0 Å². The highest BCUT2D eigenvalue weighted by Gasteiger charge is 2.04. The molecule has 0 fully saturated rings. The van der Waals surface area contributed by atoms with Crippen molar-refractivity contribution in [2.45, 2.75) is 65.2 Å². The van der Waals surface area contributed by atoms with Crippen molar-refractivity contribution in [3.63, 3.8) is 0 Å². The Balaban J connectivity index is 2.19. The van der Waals surface area contributed by atoms with Gasteiger partial charge in [-0.1, -0.05) is 75.9 Å². The van der Waals surface area contributed by atoms with Crippen LogP contribution in [0.4, 0.5) is 0 Å². The molecule has 0 heteroatoms. The summed E-state index contributed by atoms with van der Waals surface area (Å²) in [7, 11) is 0. The Labute approximate surface area is 136 Å².